The first-order chi connectivity index (χ1) is 13.3. The van der Waals surface area contributed by atoms with E-state index in [0.717, 1.165) is 21.7 Å². The van der Waals surface area contributed by atoms with E-state index in [0.29, 0.717) is 11.4 Å². The van der Waals surface area contributed by atoms with Crippen molar-refractivity contribution in [2.45, 2.75) is 33.7 Å². The molecule has 0 fully saturated rings. The van der Waals surface area contributed by atoms with Crippen molar-refractivity contribution >= 4 is 28.8 Å². The number of amides is 2. The summed E-state index contributed by atoms with van der Waals surface area (Å²) < 4.78 is 0. The van der Waals surface area contributed by atoms with E-state index in [-0.39, 0.29) is 17.9 Å². The van der Waals surface area contributed by atoms with Crippen molar-refractivity contribution in [3.05, 3.63) is 70.2 Å². The van der Waals surface area contributed by atoms with Crippen molar-refractivity contribution in [1.29, 1.82) is 0 Å². The van der Waals surface area contributed by atoms with E-state index >= 15 is 0 Å². The molecule has 1 aromatic heterocycles. The lowest BCUT2D eigenvalue weighted by atomic mass is 10.1. The fraction of sp³-hybridized carbons (Fsp3) is 0.227. The summed E-state index contributed by atoms with van der Waals surface area (Å²) in [6.07, 6.45) is 0. The molecule has 144 valence electrons. The number of carbonyl (C=O) groups excluding carboxylic acids is 2. The molecule has 5 nitrogen and oxygen atoms in total. The number of anilines is 1. The molecule has 0 saturated carbocycles. The largest absolute Gasteiger partial charge is 0.344 e. The van der Waals surface area contributed by atoms with Crippen LogP contribution in [0.2, 0.25) is 0 Å². The van der Waals surface area contributed by atoms with Gasteiger partial charge in [0.15, 0.2) is 0 Å². The molecular weight excluding hydrogens is 370 g/mol. The highest BCUT2D eigenvalue weighted by Gasteiger charge is 2.16. The molecule has 2 amide bonds. The molecule has 2 aromatic carbocycles. The van der Waals surface area contributed by atoms with Gasteiger partial charge in [0.25, 0.3) is 5.91 Å². The highest BCUT2D eigenvalue weighted by Crippen LogP contribution is 2.28. The maximum absolute atomic E-state index is 12.6. The molecule has 2 N–H and O–H groups in total. The Bertz CT molecular complexity index is 1030. The first-order valence-electron chi connectivity index (χ1n) is 9.05. The molecule has 6 heteroatoms. The van der Waals surface area contributed by atoms with Gasteiger partial charge in [-0.2, -0.15) is 0 Å². The number of hydrogen-bond donors (Lipinski definition) is 2. The molecule has 0 aliphatic heterocycles. The van der Waals surface area contributed by atoms with Crippen LogP contribution in [0.1, 0.15) is 47.1 Å². The van der Waals surface area contributed by atoms with Crippen LogP contribution in [0.5, 0.6) is 0 Å². The number of hydrogen-bond acceptors (Lipinski definition) is 4. The van der Waals surface area contributed by atoms with Gasteiger partial charge in [0.05, 0.1) is 6.04 Å². The summed E-state index contributed by atoms with van der Waals surface area (Å²) in [5.74, 6) is -0.347. The Morgan fingerprint density at radius 3 is 2.61 bits per heavy atom. The van der Waals surface area contributed by atoms with E-state index in [1.165, 1.54) is 23.8 Å². The summed E-state index contributed by atoms with van der Waals surface area (Å²) >= 11 is 1.46. The first-order valence-corrected chi connectivity index (χ1v) is 9.93. The van der Waals surface area contributed by atoms with E-state index in [1.54, 1.807) is 5.38 Å². The molecule has 0 aliphatic rings. The highest BCUT2D eigenvalue weighted by atomic mass is 32.1. The van der Waals surface area contributed by atoms with E-state index < -0.39 is 0 Å². The Kier molecular flexibility index (Phi) is 5.90. The molecule has 1 atom stereocenters. The third kappa shape index (κ3) is 4.64. The van der Waals surface area contributed by atoms with Gasteiger partial charge in [-0.05, 0) is 44.0 Å². The third-order valence-corrected chi connectivity index (χ3v) is 5.28. The average molecular weight is 394 g/mol. The molecule has 1 heterocycles. The Balaban J connectivity index is 1.73. The topological polar surface area (TPSA) is 71.1 Å². The van der Waals surface area contributed by atoms with Gasteiger partial charge in [-0.3, -0.25) is 9.59 Å². The number of thiazole rings is 1. The second kappa shape index (κ2) is 8.35. The zero-order valence-corrected chi connectivity index (χ0v) is 17.2. The summed E-state index contributed by atoms with van der Waals surface area (Å²) in [6.45, 7) is 7.48. The normalized spacial score (nSPS) is 11.7. The molecule has 0 bridgehead atoms. The van der Waals surface area contributed by atoms with Crippen molar-refractivity contribution in [3.8, 4) is 10.6 Å². The van der Waals surface area contributed by atoms with Crippen LogP contribution in [-0.4, -0.2) is 16.8 Å². The van der Waals surface area contributed by atoms with Crippen LogP contribution in [0.3, 0.4) is 0 Å². The SMILES string of the molecule is CC(=O)Nc1cccc(C(C)NC(=O)c2csc(-c3ccc(C)cc3C)n2)c1. The second-order valence-electron chi connectivity index (χ2n) is 6.86. The summed E-state index contributed by atoms with van der Waals surface area (Å²) in [7, 11) is 0. The Morgan fingerprint density at radius 1 is 1.11 bits per heavy atom. The number of carbonyl (C=O) groups is 2. The van der Waals surface area contributed by atoms with Crippen LogP contribution >= 0.6 is 11.3 Å². The van der Waals surface area contributed by atoms with Gasteiger partial charge in [0, 0.05) is 23.6 Å². The fourth-order valence-electron chi connectivity index (χ4n) is 3.00. The lowest BCUT2D eigenvalue weighted by Crippen LogP contribution is -2.27. The first kappa shape index (κ1) is 19.8. The third-order valence-electron chi connectivity index (χ3n) is 4.40. The van der Waals surface area contributed by atoms with E-state index in [9.17, 15) is 9.59 Å². The summed E-state index contributed by atoms with van der Waals surface area (Å²) in [5.41, 5.74) is 5.41. The van der Waals surface area contributed by atoms with Crippen LogP contribution in [0.25, 0.3) is 10.6 Å². The molecule has 0 radical (unpaired) electrons. The van der Waals surface area contributed by atoms with Gasteiger partial charge in [-0.15, -0.1) is 11.3 Å². The molecule has 1 unspecified atom stereocenters. The fourth-order valence-corrected chi connectivity index (χ4v) is 3.89. The molecular formula is C22H23N3O2S. The minimum absolute atomic E-state index is 0.129. The smallest absolute Gasteiger partial charge is 0.271 e. The molecule has 3 rings (SSSR count). The number of benzene rings is 2. The van der Waals surface area contributed by atoms with Crippen LogP contribution in [0.15, 0.2) is 47.8 Å². The zero-order chi connectivity index (χ0) is 20.3. The average Bonchev–Trinajstić information content (AvgIpc) is 3.11. The quantitative estimate of drug-likeness (QED) is 0.649. The van der Waals surface area contributed by atoms with Crippen LogP contribution < -0.4 is 10.6 Å². The van der Waals surface area contributed by atoms with E-state index in [4.69, 9.17) is 0 Å². The number of nitrogens with one attached hydrogen (secondary N) is 2. The van der Waals surface area contributed by atoms with Gasteiger partial charge >= 0.3 is 0 Å². The molecule has 3 aromatic rings. The predicted molar refractivity (Wildman–Crippen MR) is 114 cm³/mol. The van der Waals surface area contributed by atoms with Crippen molar-refractivity contribution < 1.29 is 9.59 Å². The Labute approximate surface area is 168 Å². The van der Waals surface area contributed by atoms with Gasteiger partial charge in [-0.1, -0.05) is 35.9 Å². The molecule has 0 saturated heterocycles. The van der Waals surface area contributed by atoms with Crippen molar-refractivity contribution in [3.63, 3.8) is 0 Å². The second-order valence-corrected chi connectivity index (χ2v) is 7.72. The Morgan fingerprint density at radius 2 is 1.89 bits per heavy atom. The summed E-state index contributed by atoms with van der Waals surface area (Å²) in [4.78, 5) is 28.4. The standard InChI is InChI=1S/C22H23N3O2S/c1-13-8-9-19(14(2)10-13)22-25-20(12-28-22)21(27)23-15(3)17-6-5-7-18(11-17)24-16(4)26/h5-12,15H,1-4H3,(H,23,27)(H,24,26). The van der Waals surface area contributed by atoms with E-state index in [1.807, 2.05) is 50.2 Å². The Hall–Kier alpha value is -2.99. The van der Waals surface area contributed by atoms with Crippen molar-refractivity contribution in [1.82, 2.24) is 10.3 Å². The van der Waals surface area contributed by atoms with Crippen LogP contribution in [-0.2, 0) is 4.79 Å². The lowest BCUT2D eigenvalue weighted by molar-refractivity contribution is -0.114. The maximum Gasteiger partial charge on any atom is 0.271 e. The van der Waals surface area contributed by atoms with Gasteiger partial charge in [0.1, 0.15) is 10.7 Å². The molecule has 0 spiro atoms. The number of aromatic nitrogens is 1. The van der Waals surface area contributed by atoms with Gasteiger partial charge in [-0.25, -0.2) is 4.98 Å². The summed E-state index contributed by atoms with van der Waals surface area (Å²) in [6, 6.07) is 13.4. The van der Waals surface area contributed by atoms with Crippen LogP contribution in [0, 0.1) is 13.8 Å². The van der Waals surface area contributed by atoms with Crippen LogP contribution in [0.4, 0.5) is 5.69 Å². The minimum atomic E-state index is -0.218. The lowest BCUT2D eigenvalue weighted by Gasteiger charge is -2.14. The number of nitrogens with zero attached hydrogens (tertiary/aromatic N) is 1. The van der Waals surface area contributed by atoms with Gasteiger partial charge in [0.2, 0.25) is 5.91 Å². The molecule has 0 aliphatic carbocycles. The number of aryl methyl sites for hydroxylation is 2. The summed E-state index contributed by atoms with van der Waals surface area (Å²) in [5, 5.41) is 8.35. The predicted octanol–water partition coefficient (Wildman–Crippen LogP) is 4.88. The highest BCUT2D eigenvalue weighted by molar-refractivity contribution is 7.13. The monoisotopic (exact) mass is 393 g/mol. The minimum Gasteiger partial charge on any atom is -0.344 e. The molecule has 28 heavy (non-hydrogen) atoms. The van der Waals surface area contributed by atoms with Crippen molar-refractivity contribution in [2.24, 2.45) is 0 Å². The van der Waals surface area contributed by atoms with Crippen molar-refractivity contribution in [2.75, 3.05) is 5.32 Å². The maximum atomic E-state index is 12.6. The van der Waals surface area contributed by atoms with Gasteiger partial charge < -0.3 is 10.6 Å². The van der Waals surface area contributed by atoms with E-state index in [2.05, 4.69) is 28.6 Å². The zero-order valence-electron chi connectivity index (χ0n) is 16.4. The number of rotatable bonds is 5.